The van der Waals surface area contributed by atoms with Crippen molar-refractivity contribution in [3.63, 3.8) is 0 Å². The summed E-state index contributed by atoms with van der Waals surface area (Å²) in [5, 5.41) is 12.2. The van der Waals surface area contributed by atoms with E-state index < -0.39 is 0 Å². The minimum absolute atomic E-state index is 0.124. The standard InChI is InChI=1S/C13H14ClN3OS/c14-9-8-11(18)15-13-17-16-12(19-13)7-6-10-4-2-1-3-5-10/h1-5H,6-9H2,(H,15,17,18). The first kappa shape index (κ1) is 14.0. The molecular formula is C13H14ClN3OS. The maximum atomic E-state index is 11.3. The van der Waals surface area contributed by atoms with Crippen molar-refractivity contribution in [3.05, 3.63) is 40.9 Å². The van der Waals surface area contributed by atoms with Crippen LogP contribution in [0.5, 0.6) is 0 Å². The van der Waals surface area contributed by atoms with Crippen LogP contribution < -0.4 is 5.32 Å². The molecule has 1 aromatic carbocycles. The lowest BCUT2D eigenvalue weighted by Crippen LogP contribution is -2.11. The summed E-state index contributed by atoms with van der Waals surface area (Å²) in [6.07, 6.45) is 2.04. The van der Waals surface area contributed by atoms with Gasteiger partial charge in [-0.2, -0.15) is 0 Å². The highest BCUT2D eigenvalue weighted by Gasteiger charge is 2.07. The third kappa shape index (κ3) is 4.61. The number of carbonyl (C=O) groups excluding carboxylic acids is 1. The maximum absolute atomic E-state index is 11.3. The molecule has 0 bridgehead atoms. The lowest BCUT2D eigenvalue weighted by molar-refractivity contribution is -0.115. The number of aromatic nitrogens is 2. The topological polar surface area (TPSA) is 54.9 Å². The monoisotopic (exact) mass is 295 g/mol. The molecule has 6 heteroatoms. The van der Waals surface area contributed by atoms with Crippen LogP contribution >= 0.6 is 22.9 Å². The summed E-state index contributed by atoms with van der Waals surface area (Å²) in [4.78, 5) is 11.3. The van der Waals surface area contributed by atoms with E-state index in [0.717, 1.165) is 17.8 Å². The van der Waals surface area contributed by atoms with Crippen molar-refractivity contribution in [2.45, 2.75) is 19.3 Å². The number of nitrogens with zero attached hydrogens (tertiary/aromatic N) is 2. The second-order valence-electron chi connectivity index (χ2n) is 3.97. The van der Waals surface area contributed by atoms with Crippen LogP contribution in [0.2, 0.25) is 0 Å². The molecule has 100 valence electrons. The van der Waals surface area contributed by atoms with Gasteiger partial charge in [-0.15, -0.1) is 21.8 Å². The predicted octanol–water partition coefficient (Wildman–Crippen LogP) is 2.89. The molecule has 0 aliphatic carbocycles. The van der Waals surface area contributed by atoms with Gasteiger partial charge in [-0.3, -0.25) is 4.79 Å². The van der Waals surface area contributed by atoms with Crippen LogP contribution in [0.1, 0.15) is 17.0 Å². The quantitative estimate of drug-likeness (QED) is 0.834. The lowest BCUT2D eigenvalue weighted by atomic mass is 10.1. The molecule has 2 rings (SSSR count). The van der Waals surface area contributed by atoms with E-state index in [0.29, 0.717) is 17.4 Å². The zero-order valence-corrected chi connectivity index (χ0v) is 11.9. The molecule has 1 N–H and O–H groups in total. The number of amides is 1. The molecular weight excluding hydrogens is 282 g/mol. The predicted molar refractivity (Wildman–Crippen MR) is 77.7 cm³/mol. The van der Waals surface area contributed by atoms with Crippen LogP contribution in [-0.4, -0.2) is 22.0 Å². The van der Waals surface area contributed by atoms with Gasteiger partial charge in [-0.1, -0.05) is 41.7 Å². The Balaban J connectivity index is 1.85. The number of hydrogen-bond donors (Lipinski definition) is 1. The summed E-state index contributed by atoms with van der Waals surface area (Å²) in [6.45, 7) is 0. The Morgan fingerprint density at radius 2 is 2.00 bits per heavy atom. The van der Waals surface area contributed by atoms with Crippen molar-refractivity contribution in [2.75, 3.05) is 11.2 Å². The maximum Gasteiger partial charge on any atom is 0.227 e. The smallest absolute Gasteiger partial charge is 0.227 e. The summed E-state index contributed by atoms with van der Waals surface area (Å²) in [7, 11) is 0. The highest BCUT2D eigenvalue weighted by atomic mass is 35.5. The number of rotatable bonds is 6. The minimum atomic E-state index is -0.124. The van der Waals surface area contributed by atoms with E-state index in [-0.39, 0.29) is 5.91 Å². The summed E-state index contributed by atoms with van der Waals surface area (Å²) in [6, 6.07) is 10.2. The normalized spacial score (nSPS) is 10.4. The van der Waals surface area contributed by atoms with Gasteiger partial charge < -0.3 is 5.32 Å². The van der Waals surface area contributed by atoms with Crippen molar-refractivity contribution in [3.8, 4) is 0 Å². The molecule has 0 radical (unpaired) electrons. The fourth-order valence-corrected chi connectivity index (χ4v) is 2.50. The molecule has 2 aromatic rings. The van der Waals surface area contributed by atoms with Crippen LogP contribution in [0.25, 0.3) is 0 Å². The Bertz CT molecular complexity index is 530. The van der Waals surface area contributed by atoms with Gasteiger partial charge in [-0.05, 0) is 12.0 Å². The summed E-state index contributed by atoms with van der Waals surface area (Å²) in [5.74, 6) is 0.187. The van der Waals surface area contributed by atoms with Crippen LogP contribution in [0.3, 0.4) is 0 Å². The highest BCUT2D eigenvalue weighted by molar-refractivity contribution is 7.15. The van der Waals surface area contributed by atoms with Crippen LogP contribution in [0, 0.1) is 0 Å². The fraction of sp³-hybridized carbons (Fsp3) is 0.308. The zero-order valence-electron chi connectivity index (χ0n) is 10.3. The minimum Gasteiger partial charge on any atom is -0.300 e. The molecule has 0 atom stereocenters. The Morgan fingerprint density at radius 1 is 1.21 bits per heavy atom. The largest absolute Gasteiger partial charge is 0.300 e. The number of alkyl halides is 1. The van der Waals surface area contributed by atoms with Gasteiger partial charge in [0.25, 0.3) is 0 Å². The molecule has 0 fully saturated rings. The van der Waals surface area contributed by atoms with E-state index in [2.05, 4.69) is 27.6 Å². The van der Waals surface area contributed by atoms with Gasteiger partial charge in [0, 0.05) is 18.7 Å². The summed E-state index contributed by atoms with van der Waals surface area (Å²) in [5.41, 5.74) is 1.27. The molecule has 1 amide bonds. The van der Waals surface area contributed by atoms with E-state index >= 15 is 0 Å². The van der Waals surface area contributed by atoms with Gasteiger partial charge in [0.1, 0.15) is 5.01 Å². The first-order chi connectivity index (χ1) is 9.28. The molecule has 0 unspecified atom stereocenters. The van der Waals surface area contributed by atoms with Gasteiger partial charge in [0.15, 0.2) is 0 Å². The number of nitrogens with one attached hydrogen (secondary N) is 1. The van der Waals surface area contributed by atoms with Gasteiger partial charge in [-0.25, -0.2) is 0 Å². The molecule has 1 heterocycles. The van der Waals surface area contributed by atoms with Crippen molar-refractivity contribution >= 4 is 34.0 Å². The average molecular weight is 296 g/mol. The van der Waals surface area contributed by atoms with E-state index in [1.54, 1.807) is 0 Å². The Hall–Kier alpha value is -1.46. The van der Waals surface area contributed by atoms with Gasteiger partial charge in [0.05, 0.1) is 0 Å². The number of benzene rings is 1. The summed E-state index contributed by atoms with van der Waals surface area (Å²) >= 11 is 6.90. The van der Waals surface area contributed by atoms with Crippen LogP contribution in [0.4, 0.5) is 5.13 Å². The molecule has 4 nitrogen and oxygen atoms in total. The second-order valence-corrected chi connectivity index (χ2v) is 5.41. The number of hydrogen-bond acceptors (Lipinski definition) is 4. The number of aryl methyl sites for hydroxylation is 2. The third-order valence-corrected chi connectivity index (χ3v) is 3.59. The summed E-state index contributed by atoms with van der Waals surface area (Å²) < 4.78 is 0. The Labute approximate surface area is 120 Å². The van der Waals surface area contributed by atoms with E-state index in [1.807, 2.05) is 18.2 Å². The SMILES string of the molecule is O=C(CCCl)Nc1nnc(CCc2ccccc2)s1. The fourth-order valence-electron chi connectivity index (χ4n) is 1.57. The zero-order chi connectivity index (χ0) is 13.5. The lowest BCUT2D eigenvalue weighted by Gasteiger charge is -1.97. The van der Waals surface area contributed by atoms with E-state index in [4.69, 9.17) is 11.6 Å². The highest BCUT2D eigenvalue weighted by Crippen LogP contribution is 2.17. The second kappa shape index (κ2) is 7.21. The van der Waals surface area contributed by atoms with E-state index in [1.165, 1.54) is 16.9 Å². The van der Waals surface area contributed by atoms with Crippen LogP contribution in [-0.2, 0) is 17.6 Å². The first-order valence-corrected chi connectivity index (χ1v) is 7.35. The molecule has 0 aliphatic heterocycles. The van der Waals surface area contributed by atoms with E-state index in [9.17, 15) is 4.79 Å². The number of halogens is 1. The number of anilines is 1. The average Bonchev–Trinajstić information content (AvgIpc) is 2.85. The number of carbonyl (C=O) groups is 1. The van der Waals surface area contributed by atoms with Crippen molar-refractivity contribution < 1.29 is 4.79 Å². The van der Waals surface area contributed by atoms with Crippen LogP contribution in [0.15, 0.2) is 30.3 Å². The third-order valence-electron chi connectivity index (χ3n) is 2.51. The van der Waals surface area contributed by atoms with Crippen molar-refractivity contribution in [1.82, 2.24) is 10.2 Å². The van der Waals surface area contributed by atoms with Crippen molar-refractivity contribution in [1.29, 1.82) is 0 Å². The molecule has 0 aliphatic rings. The molecule has 0 saturated heterocycles. The van der Waals surface area contributed by atoms with Gasteiger partial charge >= 0.3 is 0 Å². The first-order valence-electron chi connectivity index (χ1n) is 6.00. The molecule has 1 aromatic heterocycles. The molecule has 19 heavy (non-hydrogen) atoms. The molecule has 0 spiro atoms. The van der Waals surface area contributed by atoms with Crippen molar-refractivity contribution in [2.24, 2.45) is 0 Å². The Kier molecular flexibility index (Phi) is 5.30. The Morgan fingerprint density at radius 3 is 2.74 bits per heavy atom. The van der Waals surface area contributed by atoms with Gasteiger partial charge in [0.2, 0.25) is 11.0 Å². The molecule has 0 saturated carbocycles.